The van der Waals surface area contributed by atoms with Gasteiger partial charge in [-0.25, -0.2) is 4.39 Å². The average molecular weight is 480 g/mol. The summed E-state index contributed by atoms with van der Waals surface area (Å²) in [6.07, 6.45) is 3.14. The fourth-order valence-electron chi connectivity index (χ4n) is 5.11. The number of pyridine rings is 1. The molecule has 3 atom stereocenters. The highest BCUT2D eigenvalue weighted by atomic mass is 79.9. The van der Waals surface area contributed by atoms with Crippen molar-refractivity contribution in [1.29, 1.82) is 0 Å². The predicted octanol–water partition coefficient (Wildman–Crippen LogP) is 4.36. The van der Waals surface area contributed by atoms with Crippen LogP contribution >= 0.6 is 15.9 Å². The Morgan fingerprint density at radius 3 is 2.71 bits per heavy atom. The number of carbonyl (C=O) groups is 2. The van der Waals surface area contributed by atoms with Gasteiger partial charge in [-0.1, -0.05) is 28.1 Å². The summed E-state index contributed by atoms with van der Waals surface area (Å²) < 4.78 is 14.4. The molecule has 3 heterocycles. The van der Waals surface area contributed by atoms with Gasteiger partial charge in [0.2, 0.25) is 5.91 Å². The zero-order chi connectivity index (χ0) is 21.8. The van der Waals surface area contributed by atoms with E-state index in [0.29, 0.717) is 17.8 Å². The standard InChI is InChI=1S/C24H19BrFN3O2/c1-29-13-18(14-4-7-17(26)8-5-14)21(22(30)15-3-2-10-27-12-15)24(29)19-11-16(25)6-9-20(19)28-23(24)31/h2-12,18,21H,13H2,1H3,(H,28,31)/t18-,21+,24+/m1/s1. The monoisotopic (exact) mass is 479 g/mol. The van der Waals surface area contributed by atoms with Crippen LogP contribution < -0.4 is 5.32 Å². The largest absolute Gasteiger partial charge is 0.324 e. The molecule has 2 aliphatic rings. The van der Waals surface area contributed by atoms with Crippen LogP contribution in [0.25, 0.3) is 0 Å². The summed E-state index contributed by atoms with van der Waals surface area (Å²) in [7, 11) is 1.86. The second kappa shape index (κ2) is 7.35. The van der Waals surface area contributed by atoms with Gasteiger partial charge < -0.3 is 5.32 Å². The molecule has 31 heavy (non-hydrogen) atoms. The van der Waals surface area contributed by atoms with Crippen molar-refractivity contribution in [3.8, 4) is 0 Å². The van der Waals surface area contributed by atoms with Gasteiger partial charge in [0.15, 0.2) is 5.78 Å². The summed E-state index contributed by atoms with van der Waals surface area (Å²) in [6.45, 7) is 0.474. The first-order valence-corrected chi connectivity index (χ1v) is 10.7. The van der Waals surface area contributed by atoms with E-state index in [2.05, 4.69) is 26.2 Å². The molecule has 1 spiro atoms. The Balaban J connectivity index is 1.74. The number of ketones is 1. The van der Waals surface area contributed by atoms with E-state index in [0.717, 1.165) is 15.6 Å². The number of nitrogens with zero attached hydrogens (tertiary/aromatic N) is 2. The third-order valence-electron chi connectivity index (χ3n) is 6.44. The van der Waals surface area contributed by atoms with E-state index in [1.54, 1.807) is 30.5 Å². The first-order valence-electron chi connectivity index (χ1n) is 9.95. The van der Waals surface area contributed by atoms with Crippen molar-refractivity contribution in [2.75, 3.05) is 18.9 Å². The van der Waals surface area contributed by atoms with Crippen LogP contribution in [0.3, 0.4) is 0 Å². The topological polar surface area (TPSA) is 62.3 Å². The Bertz CT molecular complexity index is 1190. The van der Waals surface area contributed by atoms with Crippen LogP contribution in [0, 0.1) is 11.7 Å². The van der Waals surface area contributed by atoms with Gasteiger partial charge in [-0.05, 0) is 55.1 Å². The lowest BCUT2D eigenvalue weighted by Crippen LogP contribution is -2.51. The lowest BCUT2D eigenvalue weighted by molar-refractivity contribution is -0.126. The van der Waals surface area contributed by atoms with Crippen LogP contribution in [0.2, 0.25) is 0 Å². The van der Waals surface area contributed by atoms with Crippen LogP contribution in [0.4, 0.5) is 10.1 Å². The maximum Gasteiger partial charge on any atom is 0.250 e. The molecule has 7 heteroatoms. The van der Waals surface area contributed by atoms with Gasteiger partial charge in [0.05, 0.1) is 5.92 Å². The molecule has 1 aromatic heterocycles. The molecule has 0 bridgehead atoms. The number of amides is 1. The third-order valence-corrected chi connectivity index (χ3v) is 6.93. The van der Waals surface area contributed by atoms with Crippen LogP contribution in [0.15, 0.2) is 71.5 Å². The fourth-order valence-corrected chi connectivity index (χ4v) is 5.47. The molecule has 3 aromatic rings. The summed E-state index contributed by atoms with van der Waals surface area (Å²) in [5.41, 5.74) is 1.56. The van der Waals surface area contributed by atoms with E-state index < -0.39 is 11.5 Å². The fraction of sp³-hybridized carbons (Fsp3) is 0.208. The van der Waals surface area contributed by atoms with Crippen molar-refractivity contribution in [1.82, 2.24) is 9.88 Å². The molecule has 0 radical (unpaired) electrons. The Morgan fingerprint density at radius 2 is 2.00 bits per heavy atom. The number of likely N-dealkylation sites (N-methyl/N-ethyl adjacent to an activating group) is 1. The number of Topliss-reactive ketones (excluding diaryl/α,β-unsaturated/α-hetero) is 1. The maximum absolute atomic E-state index is 13.9. The van der Waals surface area contributed by atoms with E-state index in [1.165, 1.54) is 18.3 Å². The highest BCUT2D eigenvalue weighted by Crippen LogP contribution is 2.55. The Kier molecular flexibility index (Phi) is 4.75. The van der Waals surface area contributed by atoms with E-state index in [4.69, 9.17) is 0 Å². The number of benzene rings is 2. The van der Waals surface area contributed by atoms with E-state index >= 15 is 0 Å². The molecule has 0 saturated carbocycles. The van der Waals surface area contributed by atoms with Gasteiger partial charge >= 0.3 is 0 Å². The normalized spacial score (nSPS) is 24.9. The molecule has 1 saturated heterocycles. The third kappa shape index (κ3) is 2.95. The Morgan fingerprint density at radius 1 is 1.23 bits per heavy atom. The van der Waals surface area contributed by atoms with Gasteiger partial charge in [0.1, 0.15) is 11.4 Å². The lowest BCUT2D eigenvalue weighted by atomic mass is 9.70. The molecule has 5 rings (SSSR count). The summed E-state index contributed by atoms with van der Waals surface area (Å²) in [5, 5.41) is 2.98. The highest BCUT2D eigenvalue weighted by molar-refractivity contribution is 9.10. The Labute approximate surface area is 187 Å². The van der Waals surface area contributed by atoms with Gasteiger partial charge in [0.25, 0.3) is 0 Å². The van der Waals surface area contributed by atoms with Gasteiger partial charge in [-0.15, -0.1) is 0 Å². The number of fused-ring (bicyclic) bond motifs is 2. The van der Waals surface area contributed by atoms with Gasteiger partial charge in [-0.3, -0.25) is 19.5 Å². The highest BCUT2D eigenvalue weighted by Gasteiger charge is 2.64. The van der Waals surface area contributed by atoms with Crippen molar-refractivity contribution in [2.45, 2.75) is 11.5 Å². The Hall–Kier alpha value is -2.90. The maximum atomic E-state index is 13.9. The summed E-state index contributed by atoms with van der Waals surface area (Å²) in [4.78, 5) is 33.5. The molecule has 2 aliphatic heterocycles. The summed E-state index contributed by atoms with van der Waals surface area (Å²) in [6, 6.07) is 15.2. The molecule has 5 nitrogen and oxygen atoms in total. The van der Waals surface area contributed by atoms with E-state index in [9.17, 15) is 14.0 Å². The van der Waals surface area contributed by atoms with Crippen molar-refractivity contribution in [3.05, 3.63) is 94.0 Å². The number of anilines is 1. The molecule has 1 amide bonds. The number of likely N-dealkylation sites (tertiary alicyclic amines) is 1. The van der Waals surface area contributed by atoms with Crippen molar-refractivity contribution < 1.29 is 14.0 Å². The van der Waals surface area contributed by atoms with Crippen LogP contribution in [-0.2, 0) is 10.3 Å². The SMILES string of the molecule is CN1C[C@H](c2ccc(F)cc2)[C@@H](C(=O)c2cccnc2)[C@@]12C(=O)Nc1ccc(Br)cc12. The van der Waals surface area contributed by atoms with E-state index in [1.807, 2.05) is 30.1 Å². The molecule has 1 N–H and O–H groups in total. The average Bonchev–Trinajstić information content (AvgIpc) is 3.24. The number of aromatic nitrogens is 1. The first kappa shape index (κ1) is 20.0. The van der Waals surface area contributed by atoms with Gasteiger partial charge in [-0.2, -0.15) is 0 Å². The number of nitrogens with one attached hydrogen (secondary N) is 1. The van der Waals surface area contributed by atoms with Crippen LogP contribution in [-0.4, -0.2) is 35.2 Å². The number of hydrogen-bond donors (Lipinski definition) is 1. The number of hydrogen-bond acceptors (Lipinski definition) is 4. The second-order valence-electron chi connectivity index (χ2n) is 8.03. The molecule has 2 aromatic carbocycles. The van der Waals surface area contributed by atoms with Crippen molar-refractivity contribution in [2.24, 2.45) is 5.92 Å². The molecule has 156 valence electrons. The summed E-state index contributed by atoms with van der Waals surface area (Å²) >= 11 is 3.51. The zero-order valence-corrected chi connectivity index (χ0v) is 18.3. The zero-order valence-electron chi connectivity index (χ0n) is 16.7. The summed E-state index contributed by atoms with van der Waals surface area (Å²) in [5.74, 6) is -1.73. The van der Waals surface area contributed by atoms with Crippen molar-refractivity contribution >= 4 is 33.3 Å². The van der Waals surface area contributed by atoms with Crippen LogP contribution in [0.1, 0.15) is 27.4 Å². The predicted molar refractivity (Wildman–Crippen MR) is 118 cm³/mol. The second-order valence-corrected chi connectivity index (χ2v) is 8.95. The molecule has 0 unspecified atom stereocenters. The molecule has 0 aliphatic carbocycles. The number of halogens is 2. The molecular formula is C24H19BrFN3O2. The van der Waals surface area contributed by atoms with Gasteiger partial charge in [0, 0.05) is 46.1 Å². The number of carbonyl (C=O) groups excluding carboxylic acids is 2. The molecule has 1 fully saturated rings. The minimum Gasteiger partial charge on any atom is -0.324 e. The minimum absolute atomic E-state index is 0.158. The minimum atomic E-state index is -1.18. The van der Waals surface area contributed by atoms with Crippen LogP contribution in [0.5, 0.6) is 0 Å². The molecular weight excluding hydrogens is 461 g/mol. The number of rotatable bonds is 3. The van der Waals surface area contributed by atoms with Crippen molar-refractivity contribution in [3.63, 3.8) is 0 Å². The first-order chi connectivity index (χ1) is 14.9. The smallest absolute Gasteiger partial charge is 0.250 e. The van der Waals surface area contributed by atoms with E-state index in [-0.39, 0.29) is 23.4 Å². The lowest BCUT2D eigenvalue weighted by Gasteiger charge is -2.35. The quantitative estimate of drug-likeness (QED) is 0.566.